The summed E-state index contributed by atoms with van der Waals surface area (Å²) in [6.45, 7) is 7.14. The van der Waals surface area contributed by atoms with Crippen LogP contribution < -0.4 is 11.1 Å². The third kappa shape index (κ3) is 7.69. The van der Waals surface area contributed by atoms with Crippen LogP contribution in [-0.4, -0.2) is 85.8 Å². The fraction of sp³-hybridized carbons (Fsp3) is 0.441. The predicted octanol–water partition coefficient (Wildman–Crippen LogP) is 5.70. The second-order valence-corrected chi connectivity index (χ2v) is 12.8. The summed E-state index contributed by atoms with van der Waals surface area (Å²) in [6, 6.07) is 22.9. The Hall–Kier alpha value is -2.55. The Balaban J connectivity index is 1.09. The summed E-state index contributed by atoms with van der Waals surface area (Å²) in [5.41, 5.74) is 12.8. The molecule has 3 aromatic rings. The molecule has 6 nitrogen and oxygen atoms in total. The molecular weight excluding hydrogens is 562 g/mol. The summed E-state index contributed by atoms with van der Waals surface area (Å²) in [7, 11) is 1.94. The fourth-order valence-corrected chi connectivity index (χ4v) is 7.12. The Morgan fingerprint density at radius 1 is 0.952 bits per heavy atom. The molecule has 0 radical (unpaired) electrons. The molecule has 1 atom stereocenters. The molecule has 5 rings (SSSR count). The minimum atomic E-state index is -0.407. The van der Waals surface area contributed by atoms with Crippen LogP contribution in [0.5, 0.6) is 0 Å². The van der Waals surface area contributed by atoms with Crippen molar-refractivity contribution in [2.24, 2.45) is 11.7 Å². The highest BCUT2D eigenvalue weighted by atomic mass is 35.5. The first-order valence-electron chi connectivity index (χ1n) is 15.1. The van der Waals surface area contributed by atoms with Crippen molar-refractivity contribution in [3.63, 3.8) is 0 Å². The molecule has 8 heteroatoms. The van der Waals surface area contributed by atoms with E-state index >= 15 is 0 Å². The average Bonchev–Trinajstić information content (AvgIpc) is 3.04. The maximum Gasteiger partial charge on any atom is 0.239 e. The number of carbonyl (C=O) groups excluding carboxylic acids is 1. The van der Waals surface area contributed by atoms with E-state index in [1.807, 2.05) is 18.0 Å². The van der Waals surface area contributed by atoms with Gasteiger partial charge >= 0.3 is 0 Å². The van der Waals surface area contributed by atoms with Crippen molar-refractivity contribution in [1.82, 2.24) is 14.7 Å². The Kier molecular flexibility index (Phi) is 10.9. The number of nitrogens with one attached hydrogen (secondary N) is 1. The van der Waals surface area contributed by atoms with E-state index in [9.17, 15) is 4.79 Å². The predicted molar refractivity (Wildman–Crippen MR) is 177 cm³/mol. The summed E-state index contributed by atoms with van der Waals surface area (Å²) in [6.07, 6.45) is 4.99. The number of piperazine rings is 1. The van der Waals surface area contributed by atoms with Gasteiger partial charge in [0, 0.05) is 61.9 Å². The number of likely N-dealkylation sites (tertiary alicyclic amines) is 1. The van der Waals surface area contributed by atoms with Gasteiger partial charge < -0.3 is 20.9 Å². The largest absolute Gasteiger partial charge is 0.388 e. The van der Waals surface area contributed by atoms with Gasteiger partial charge in [-0.25, -0.2) is 0 Å². The normalized spacial score (nSPS) is 17.8. The molecule has 0 aliphatic carbocycles. The van der Waals surface area contributed by atoms with Crippen LogP contribution in [0.4, 0.5) is 5.69 Å². The minimum absolute atomic E-state index is 0.130. The Bertz CT molecular complexity index is 1340. The second kappa shape index (κ2) is 14.8. The Labute approximate surface area is 260 Å². The zero-order chi connectivity index (χ0) is 29.5. The van der Waals surface area contributed by atoms with Gasteiger partial charge in [-0.15, -0.1) is 11.8 Å². The lowest BCUT2D eigenvalue weighted by molar-refractivity contribution is -0.136. The van der Waals surface area contributed by atoms with Crippen molar-refractivity contribution >= 4 is 35.0 Å². The molecule has 0 bridgehead atoms. The highest BCUT2D eigenvalue weighted by Gasteiger charge is 2.32. The summed E-state index contributed by atoms with van der Waals surface area (Å²) < 4.78 is 0. The number of hydrogen-bond donors (Lipinski definition) is 2. The Morgan fingerprint density at radius 3 is 2.45 bits per heavy atom. The molecule has 3 aromatic carbocycles. The van der Waals surface area contributed by atoms with Crippen molar-refractivity contribution in [2.45, 2.75) is 36.7 Å². The van der Waals surface area contributed by atoms with E-state index < -0.39 is 6.04 Å². The van der Waals surface area contributed by atoms with Crippen molar-refractivity contribution in [3.05, 3.63) is 82.9 Å². The van der Waals surface area contributed by atoms with Gasteiger partial charge in [0.1, 0.15) is 0 Å². The number of rotatable bonds is 10. The topological polar surface area (TPSA) is 64.8 Å². The number of thioether (sulfide) groups is 1. The lowest BCUT2D eigenvalue weighted by Gasteiger charge is -2.39. The van der Waals surface area contributed by atoms with Crippen molar-refractivity contribution in [1.29, 1.82) is 0 Å². The third-order valence-electron chi connectivity index (χ3n) is 8.92. The summed E-state index contributed by atoms with van der Waals surface area (Å²) in [5.74, 6) is 0.372. The van der Waals surface area contributed by atoms with Crippen molar-refractivity contribution in [3.8, 4) is 11.1 Å². The van der Waals surface area contributed by atoms with Crippen molar-refractivity contribution < 1.29 is 4.79 Å². The Morgan fingerprint density at radius 2 is 1.71 bits per heavy atom. The molecule has 2 heterocycles. The summed E-state index contributed by atoms with van der Waals surface area (Å²) >= 11 is 8.20. The summed E-state index contributed by atoms with van der Waals surface area (Å²) in [5, 5.41) is 4.00. The molecule has 0 unspecified atom stereocenters. The van der Waals surface area contributed by atoms with E-state index in [0.717, 1.165) is 82.3 Å². The van der Waals surface area contributed by atoms with Crippen LogP contribution in [0.15, 0.2) is 71.6 Å². The van der Waals surface area contributed by atoms with Crippen LogP contribution >= 0.6 is 23.4 Å². The third-order valence-corrected chi connectivity index (χ3v) is 10.00. The summed E-state index contributed by atoms with van der Waals surface area (Å²) in [4.78, 5) is 21.6. The van der Waals surface area contributed by atoms with E-state index in [1.54, 1.807) is 11.8 Å². The van der Waals surface area contributed by atoms with Gasteiger partial charge in [0.2, 0.25) is 5.91 Å². The molecular formula is C34H44ClN5OS. The number of anilines is 1. The maximum absolute atomic E-state index is 13.4. The molecule has 224 valence electrons. The number of nitrogens with two attached hydrogens (primary N) is 1. The quantitative estimate of drug-likeness (QED) is 0.289. The fourth-order valence-electron chi connectivity index (χ4n) is 6.32. The van der Waals surface area contributed by atoms with E-state index in [2.05, 4.69) is 82.0 Å². The second-order valence-electron chi connectivity index (χ2n) is 11.5. The van der Waals surface area contributed by atoms with Gasteiger partial charge in [-0.3, -0.25) is 9.69 Å². The molecule has 42 heavy (non-hydrogen) atoms. The van der Waals surface area contributed by atoms with Crippen LogP contribution in [0.2, 0.25) is 5.02 Å². The number of hydrogen-bond acceptors (Lipinski definition) is 6. The first kappa shape index (κ1) is 30.9. The van der Waals surface area contributed by atoms with E-state index in [4.69, 9.17) is 17.3 Å². The van der Waals surface area contributed by atoms with Crippen LogP contribution in [0.1, 0.15) is 24.0 Å². The molecule has 1 amide bonds. The first-order valence-corrected chi connectivity index (χ1v) is 16.7. The highest BCUT2D eigenvalue weighted by molar-refractivity contribution is 7.98. The number of amides is 1. The van der Waals surface area contributed by atoms with E-state index in [-0.39, 0.29) is 11.8 Å². The monoisotopic (exact) mass is 605 g/mol. The molecule has 2 aliphatic heterocycles. The van der Waals surface area contributed by atoms with Gasteiger partial charge in [-0.1, -0.05) is 48.0 Å². The average molecular weight is 606 g/mol. The zero-order valence-electron chi connectivity index (χ0n) is 24.9. The molecule has 2 aliphatic rings. The minimum Gasteiger partial charge on any atom is -0.388 e. The van der Waals surface area contributed by atoms with Gasteiger partial charge in [-0.2, -0.15) is 0 Å². The first-order chi connectivity index (χ1) is 20.4. The maximum atomic E-state index is 13.4. The van der Waals surface area contributed by atoms with E-state index in [1.165, 1.54) is 27.1 Å². The number of halogens is 1. The molecule has 0 saturated carbocycles. The van der Waals surface area contributed by atoms with Crippen LogP contribution in [0.25, 0.3) is 11.1 Å². The zero-order valence-corrected chi connectivity index (χ0v) is 26.5. The molecule has 0 aromatic heterocycles. The lowest BCUT2D eigenvalue weighted by atomic mass is 9.88. The SMILES string of the molecule is CNc1cccc(-c2ccc(Cl)cc2CCN2CCC([C@@H](N)C(=O)N3CCN(Cc4ccccc4SC)CC3)CC2)c1. The van der Waals surface area contributed by atoms with Gasteiger partial charge in [0.25, 0.3) is 0 Å². The standard InChI is InChI=1S/C34H44ClN5OS/c1-37-30-8-5-7-26(23-30)31-11-10-29(35)22-27(31)14-17-38-15-12-25(13-16-38)33(36)34(41)40-20-18-39(19-21-40)24-28-6-3-4-9-32(28)42-2/h3-11,22-23,25,33,37H,12-21,24,36H2,1-2H3/t33-/m1/s1. The van der Waals surface area contributed by atoms with Crippen LogP contribution in [0, 0.1) is 5.92 Å². The van der Waals surface area contributed by atoms with Crippen LogP contribution in [0.3, 0.4) is 0 Å². The molecule has 0 spiro atoms. The van der Waals surface area contributed by atoms with Gasteiger partial charge in [0.05, 0.1) is 6.04 Å². The van der Waals surface area contributed by atoms with E-state index in [0.29, 0.717) is 0 Å². The number of benzene rings is 3. The van der Waals surface area contributed by atoms with Gasteiger partial charge in [0.15, 0.2) is 0 Å². The highest BCUT2D eigenvalue weighted by Crippen LogP contribution is 2.30. The number of nitrogens with zero attached hydrogens (tertiary/aromatic N) is 3. The van der Waals surface area contributed by atoms with Crippen molar-refractivity contribution in [2.75, 3.05) is 64.4 Å². The lowest BCUT2D eigenvalue weighted by Crippen LogP contribution is -2.55. The molecule has 2 saturated heterocycles. The van der Waals surface area contributed by atoms with Gasteiger partial charge in [-0.05, 0) is 97.1 Å². The number of carbonyl (C=O) groups is 1. The number of piperidine rings is 1. The van der Waals surface area contributed by atoms with Crippen LogP contribution in [-0.2, 0) is 17.8 Å². The molecule has 3 N–H and O–H groups in total. The smallest absolute Gasteiger partial charge is 0.239 e. The molecule has 2 fully saturated rings.